The fraction of sp³-hybridized carbons (Fsp3) is 0.500. The molecule has 0 radical (unpaired) electrons. The van der Waals surface area contributed by atoms with E-state index in [0.717, 1.165) is 49.0 Å². The van der Waals surface area contributed by atoms with Gasteiger partial charge in [-0.05, 0) is 48.1 Å². The highest BCUT2D eigenvalue weighted by Gasteiger charge is 2.41. The standard InChI is InChI=1S/C26H36N4O5S/c1-2-3-17-26(29-36(32)33,25(31)35-21-23-11-7-6-8-12-23)20-22-13-15-24(16-14-22)34-19-10-5-4-9-18-28-30-27/h6-8,11-16,29H,2-5,9-10,17-21H2,1H3,(H,32,33)/t26-/m0/s1. The maximum Gasteiger partial charge on any atom is 0.327 e. The van der Waals surface area contributed by atoms with E-state index < -0.39 is 22.8 Å². The van der Waals surface area contributed by atoms with Gasteiger partial charge in [0.25, 0.3) is 0 Å². The van der Waals surface area contributed by atoms with Gasteiger partial charge in [0.15, 0.2) is 0 Å². The Labute approximate surface area is 215 Å². The first-order valence-electron chi connectivity index (χ1n) is 12.3. The Kier molecular flexibility index (Phi) is 13.6. The van der Waals surface area contributed by atoms with Gasteiger partial charge in [0.2, 0.25) is 11.3 Å². The van der Waals surface area contributed by atoms with Gasteiger partial charge in [-0.3, -0.25) is 4.55 Å². The smallest absolute Gasteiger partial charge is 0.327 e. The van der Waals surface area contributed by atoms with Crippen LogP contribution < -0.4 is 9.46 Å². The lowest BCUT2D eigenvalue weighted by molar-refractivity contribution is -0.152. The van der Waals surface area contributed by atoms with E-state index in [2.05, 4.69) is 14.7 Å². The molecule has 0 aromatic heterocycles. The molecule has 2 aromatic rings. The molecule has 0 aliphatic rings. The number of unbranched alkanes of at least 4 members (excludes halogenated alkanes) is 4. The van der Waals surface area contributed by atoms with Gasteiger partial charge in [-0.2, -0.15) is 4.72 Å². The van der Waals surface area contributed by atoms with Gasteiger partial charge < -0.3 is 9.47 Å². The summed E-state index contributed by atoms with van der Waals surface area (Å²) in [5, 5.41) is 3.52. The minimum atomic E-state index is -2.39. The summed E-state index contributed by atoms with van der Waals surface area (Å²) in [4.78, 5) is 16.0. The summed E-state index contributed by atoms with van der Waals surface area (Å²) in [5.41, 5.74) is 8.61. The lowest BCUT2D eigenvalue weighted by Gasteiger charge is -2.31. The van der Waals surface area contributed by atoms with Gasteiger partial charge in [-0.25, -0.2) is 9.00 Å². The first kappa shape index (κ1) is 29.3. The van der Waals surface area contributed by atoms with Crippen LogP contribution in [0.25, 0.3) is 10.4 Å². The minimum absolute atomic E-state index is 0.0889. The Morgan fingerprint density at radius 3 is 2.44 bits per heavy atom. The third-order valence-corrected chi connectivity index (χ3v) is 6.32. The molecule has 0 spiro atoms. The molecule has 2 N–H and O–H groups in total. The number of hydrogen-bond acceptors (Lipinski definition) is 5. The molecule has 0 fully saturated rings. The monoisotopic (exact) mass is 516 g/mol. The fourth-order valence-electron chi connectivity index (χ4n) is 3.82. The van der Waals surface area contributed by atoms with Crippen LogP contribution in [0.4, 0.5) is 0 Å². The molecule has 0 bridgehead atoms. The predicted octanol–water partition coefficient (Wildman–Crippen LogP) is 5.88. The van der Waals surface area contributed by atoms with Gasteiger partial charge in [-0.15, -0.1) is 0 Å². The van der Waals surface area contributed by atoms with Gasteiger partial charge in [-0.1, -0.05) is 80.2 Å². The lowest BCUT2D eigenvalue weighted by Crippen LogP contribution is -2.55. The Bertz CT molecular complexity index is 984. The van der Waals surface area contributed by atoms with Crippen molar-refractivity contribution in [3.05, 3.63) is 76.2 Å². The summed E-state index contributed by atoms with van der Waals surface area (Å²) in [6.07, 6.45) is 5.84. The van der Waals surface area contributed by atoms with E-state index >= 15 is 0 Å². The summed E-state index contributed by atoms with van der Waals surface area (Å²) in [5.74, 6) is 0.167. The van der Waals surface area contributed by atoms with E-state index in [4.69, 9.17) is 15.0 Å². The van der Waals surface area contributed by atoms with Crippen LogP contribution in [0, 0.1) is 0 Å². The fourth-order valence-corrected chi connectivity index (χ4v) is 4.42. The van der Waals surface area contributed by atoms with E-state index in [1.54, 1.807) is 0 Å². The van der Waals surface area contributed by atoms with Crippen molar-refractivity contribution in [2.75, 3.05) is 13.2 Å². The zero-order valence-corrected chi connectivity index (χ0v) is 21.6. The van der Waals surface area contributed by atoms with Gasteiger partial charge in [0.1, 0.15) is 17.9 Å². The Morgan fingerprint density at radius 1 is 1.06 bits per heavy atom. The molecule has 196 valence electrons. The van der Waals surface area contributed by atoms with Gasteiger partial charge in [0.05, 0.1) is 6.61 Å². The number of azide groups is 1. The third kappa shape index (κ3) is 10.8. The largest absolute Gasteiger partial charge is 0.494 e. The van der Waals surface area contributed by atoms with Crippen LogP contribution in [-0.4, -0.2) is 33.4 Å². The molecule has 2 rings (SSSR count). The third-order valence-electron chi connectivity index (χ3n) is 5.76. The number of rotatable bonds is 18. The Morgan fingerprint density at radius 2 is 1.78 bits per heavy atom. The van der Waals surface area contributed by atoms with Crippen molar-refractivity contribution >= 4 is 17.2 Å². The zero-order chi connectivity index (χ0) is 26.1. The number of nitrogens with one attached hydrogen (secondary N) is 1. The first-order valence-corrected chi connectivity index (χ1v) is 13.4. The molecule has 0 saturated carbocycles. The van der Waals surface area contributed by atoms with Crippen molar-refractivity contribution in [1.29, 1.82) is 0 Å². The van der Waals surface area contributed by atoms with Crippen LogP contribution in [0.1, 0.15) is 63.0 Å². The quantitative estimate of drug-likeness (QED) is 0.0637. The molecule has 10 heteroatoms. The molecule has 0 aliphatic carbocycles. The summed E-state index contributed by atoms with van der Waals surface area (Å²) in [6.45, 7) is 3.20. The molecule has 0 heterocycles. The number of nitrogens with zero attached hydrogens (tertiary/aromatic N) is 3. The van der Waals surface area contributed by atoms with E-state index in [-0.39, 0.29) is 13.0 Å². The first-order chi connectivity index (χ1) is 17.5. The van der Waals surface area contributed by atoms with Crippen LogP contribution in [0.2, 0.25) is 0 Å². The van der Waals surface area contributed by atoms with E-state index in [9.17, 15) is 13.6 Å². The second kappa shape index (κ2) is 16.7. The second-order valence-corrected chi connectivity index (χ2v) is 9.34. The van der Waals surface area contributed by atoms with E-state index in [1.807, 2.05) is 61.5 Å². The summed E-state index contributed by atoms with van der Waals surface area (Å²) in [6, 6.07) is 16.7. The molecule has 2 atom stereocenters. The number of hydrogen-bond donors (Lipinski definition) is 2. The highest BCUT2D eigenvalue weighted by Crippen LogP contribution is 2.25. The van der Waals surface area contributed by atoms with E-state index in [0.29, 0.717) is 26.0 Å². The van der Waals surface area contributed by atoms with Crippen LogP contribution in [0.15, 0.2) is 59.7 Å². The number of ether oxygens (including phenoxy) is 2. The maximum absolute atomic E-state index is 13.3. The van der Waals surface area contributed by atoms with Crippen molar-refractivity contribution in [2.45, 2.75) is 70.4 Å². The molecule has 2 aromatic carbocycles. The van der Waals surface area contributed by atoms with Crippen LogP contribution in [-0.2, 0) is 33.8 Å². The average Bonchev–Trinajstić information content (AvgIpc) is 2.88. The summed E-state index contributed by atoms with van der Waals surface area (Å²) >= 11 is -2.39. The SMILES string of the molecule is CCCC[C@@](Cc1ccc(OCCCCCCN=[N+]=[N-])cc1)(NS(=O)O)C(=O)OCc1ccccc1. The molecule has 0 saturated heterocycles. The second-order valence-electron chi connectivity index (χ2n) is 8.64. The lowest BCUT2D eigenvalue weighted by atomic mass is 9.86. The summed E-state index contributed by atoms with van der Waals surface area (Å²) < 4.78 is 35.4. The molecular formula is C26H36N4O5S. The zero-order valence-electron chi connectivity index (χ0n) is 20.8. The van der Waals surface area contributed by atoms with Gasteiger partial charge >= 0.3 is 5.97 Å². The molecular weight excluding hydrogens is 480 g/mol. The Balaban J connectivity index is 2.00. The maximum atomic E-state index is 13.3. The highest BCUT2D eigenvalue weighted by molar-refractivity contribution is 7.77. The highest BCUT2D eigenvalue weighted by atomic mass is 32.2. The topological polar surface area (TPSA) is 134 Å². The molecule has 1 unspecified atom stereocenters. The Hall–Kier alpha value is -2.91. The van der Waals surface area contributed by atoms with Crippen molar-refractivity contribution in [1.82, 2.24) is 4.72 Å². The van der Waals surface area contributed by atoms with Crippen LogP contribution >= 0.6 is 0 Å². The average molecular weight is 517 g/mol. The van der Waals surface area contributed by atoms with Crippen LogP contribution in [0.3, 0.4) is 0 Å². The molecule has 0 amide bonds. The predicted molar refractivity (Wildman–Crippen MR) is 141 cm³/mol. The molecule has 9 nitrogen and oxygen atoms in total. The normalized spacial score (nSPS) is 13.3. The molecule has 36 heavy (non-hydrogen) atoms. The van der Waals surface area contributed by atoms with Crippen molar-refractivity contribution in [2.24, 2.45) is 5.11 Å². The number of esters is 1. The summed E-state index contributed by atoms with van der Waals surface area (Å²) in [7, 11) is 0. The van der Waals surface area contributed by atoms with Crippen molar-refractivity contribution in [3.8, 4) is 5.75 Å². The van der Waals surface area contributed by atoms with Gasteiger partial charge in [0, 0.05) is 17.9 Å². The van der Waals surface area contributed by atoms with E-state index in [1.165, 1.54) is 0 Å². The minimum Gasteiger partial charge on any atom is -0.494 e. The van der Waals surface area contributed by atoms with Crippen molar-refractivity contribution < 1.29 is 23.0 Å². The number of carbonyl (C=O) groups is 1. The number of benzene rings is 2. The van der Waals surface area contributed by atoms with Crippen LogP contribution in [0.5, 0.6) is 5.75 Å². The number of carbonyl (C=O) groups excluding carboxylic acids is 1. The molecule has 0 aliphatic heterocycles. The van der Waals surface area contributed by atoms with Crippen molar-refractivity contribution in [3.63, 3.8) is 0 Å².